The van der Waals surface area contributed by atoms with Crippen molar-refractivity contribution in [3.63, 3.8) is 0 Å². The Kier molecular flexibility index (Phi) is 4.87. The number of hydrogen-bond donors (Lipinski definition) is 0. The lowest BCUT2D eigenvalue weighted by atomic mass is 9.70. The third-order valence-electron chi connectivity index (χ3n) is 6.84. The molecule has 0 aromatic rings. The van der Waals surface area contributed by atoms with Gasteiger partial charge in [-0.05, 0) is 111 Å². The molecule has 3 aliphatic heterocycles. The largest absolute Gasteiger partial charge is 0.306 e. The smallest absolute Gasteiger partial charge is 0.0125 e. The summed E-state index contributed by atoms with van der Waals surface area (Å²) in [6, 6.07) is 0.878. The minimum absolute atomic E-state index is 0.358. The van der Waals surface area contributed by atoms with Crippen molar-refractivity contribution in [1.82, 2.24) is 14.7 Å². The van der Waals surface area contributed by atoms with E-state index in [1.165, 1.54) is 77.8 Å². The zero-order chi connectivity index (χ0) is 15.8. The molecule has 3 nitrogen and oxygen atoms in total. The van der Waals surface area contributed by atoms with Gasteiger partial charge in [-0.25, -0.2) is 0 Å². The first-order valence-electron chi connectivity index (χ1n) is 9.56. The molecule has 0 aromatic heterocycles. The van der Waals surface area contributed by atoms with E-state index in [0.29, 0.717) is 11.0 Å². The monoisotopic (exact) mass is 307 g/mol. The molecule has 0 saturated carbocycles. The molecule has 128 valence electrons. The summed E-state index contributed by atoms with van der Waals surface area (Å²) in [6.45, 7) is 15.1. The molecule has 22 heavy (non-hydrogen) atoms. The van der Waals surface area contributed by atoms with Crippen molar-refractivity contribution >= 4 is 0 Å². The molecule has 0 atom stereocenters. The zero-order valence-electron chi connectivity index (χ0n) is 15.4. The number of hydrogen-bond acceptors (Lipinski definition) is 3. The van der Waals surface area contributed by atoms with Crippen molar-refractivity contribution in [2.45, 2.75) is 70.9 Å². The Morgan fingerprint density at radius 2 is 1.27 bits per heavy atom. The second kappa shape index (κ2) is 6.41. The van der Waals surface area contributed by atoms with Gasteiger partial charge in [-0.3, -0.25) is 4.90 Å². The molecule has 0 bridgehead atoms. The quantitative estimate of drug-likeness (QED) is 0.737. The normalized spacial score (nSPS) is 30.0. The summed E-state index contributed by atoms with van der Waals surface area (Å²) in [4.78, 5) is 8.01. The summed E-state index contributed by atoms with van der Waals surface area (Å²) in [7, 11) is 2.27. The van der Waals surface area contributed by atoms with E-state index in [9.17, 15) is 0 Å². The van der Waals surface area contributed by atoms with Gasteiger partial charge in [-0.1, -0.05) is 0 Å². The van der Waals surface area contributed by atoms with Crippen LogP contribution in [0.1, 0.15) is 59.3 Å². The predicted molar refractivity (Wildman–Crippen MR) is 94.3 cm³/mol. The highest BCUT2D eigenvalue weighted by atomic mass is 15.2. The van der Waals surface area contributed by atoms with Gasteiger partial charge in [0.05, 0.1) is 0 Å². The van der Waals surface area contributed by atoms with E-state index in [0.717, 1.165) is 6.04 Å². The average molecular weight is 308 g/mol. The van der Waals surface area contributed by atoms with Crippen LogP contribution in [-0.4, -0.2) is 72.6 Å². The molecule has 0 N–H and O–H groups in total. The Labute approximate surface area is 138 Å². The molecule has 3 fully saturated rings. The van der Waals surface area contributed by atoms with E-state index in [4.69, 9.17) is 0 Å². The molecular weight excluding hydrogens is 270 g/mol. The second-order valence-electron chi connectivity index (χ2n) is 9.23. The molecule has 3 saturated heterocycles. The van der Waals surface area contributed by atoms with Gasteiger partial charge in [0.1, 0.15) is 0 Å². The van der Waals surface area contributed by atoms with Crippen LogP contribution in [0.15, 0.2) is 0 Å². The highest BCUT2D eigenvalue weighted by molar-refractivity contribution is 4.94. The van der Waals surface area contributed by atoms with Gasteiger partial charge in [0, 0.05) is 11.6 Å². The Morgan fingerprint density at radius 1 is 0.773 bits per heavy atom. The molecule has 3 heteroatoms. The van der Waals surface area contributed by atoms with E-state index in [2.05, 4.69) is 42.5 Å². The van der Waals surface area contributed by atoms with E-state index in [-0.39, 0.29) is 0 Å². The maximum Gasteiger partial charge on any atom is 0.0125 e. The number of nitrogens with zero attached hydrogens (tertiary/aromatic N) is 3. The van der Waals surface area contributed by atoms with Crippen LogP contribution in [0.3, 0.4) is 0 Å². The maximum atomic E-state index is 2.83. The highest BCUT2D eigenvalue weighted by Crippen LogP contribution is 2.43. The topological polar surface area (TPSA) is 9.72 Å². The van der Waals surface area contributed by atoms with Crippen LogP contribution in [0.5, 0.6) is 0 Å². The Hall–Kier alpha value is -0.120. The average Bonchev–Trinajstić information content (AvgIpc) is 2.49. The maximum absolute atomic E-state index is 2.83. The molecule has 3 rings (SSSR count). The van der Waals surface area contributed by atoms with Crippen LogP contribution in [0.4, 0.5) is 0 Å². The molecule has 3 aliphatic rings. The SMILES string of the molecule is CN1CCC(N2CCC3(CC2)CCN(C(C)(C)C)CC3)CC1. The molecule has 3 heterocycles. The van der Waals surface area contributed by atoms with E-state index >= 15 is 0 Å². The standard InChI is InChI=1S/C19H37N3/c1-18(2,3)22-15-9-19(10-16-22)7-13-21(14-8-19)17-5-11-20(4)12-6-17/h17H,5-16H2,1-4H3. The van der Waals surface area contributed by atoms with Crippen molar-refractivity contribution in [2.75, 3.05) is 46.3 Å². The van der Waals surface area contributed by atoms with Crippen molar-refractivity contribution in [2.24, 2.45) is 5.41 Å². The second-order valence-corrected chi connectivity index (χ2v) is 9.23. The summed E-state index contributed by atoms with van der Waals surface area (Å²) in [6.07, 6.45) is 8.56. The third-order valence-corrected chi connectivity index (χ3v) is 6.84. The number of piperidine rings is 3. The first-order chi connectivity index (χ1) is 10.4. The van der Waals surface area contributed by atoms with Crippen molar-refractivity contribution in [3.8, 4) is 0 Å². The van der Waals surface area contributed by atoms with E-state index in [1.54, 1.807) is 0 Å². The van der Waals surface area contributed by atoms with Gasteiger partial charge in [0.15, 0.2) is 0 Å². The Bertz CT molecular complexity index is 347. The molecule has 0 aromatic carbocycles. The van der Waals surface area contributed by atoms with Crippen LogP contribution in [0.25, 0.3) is 0 Å². The molecule has 0 amide bonds. The van der Waals surface area contributed by atoms with Crippen LogP contribution in [0, 0.1) is 5.41 Å². The van der Waals surface area contributed by atoms with Gasteiger partial charge in [-0.2, -0.15) is 0 Å². The molecular formula is C19H37N3. The van der Waals surface area contributed by atoms with Crippen LogP contribution in [0.2, 0.25) is 0 Å². The fourth-order valence-corrected chi connectivity index (χ4v) is 4.88. The van der Waals surface area contributed by atoms with Gasteiger partial charge >= 0.3 is 0 Å². The highest BCUT2D eigenvalue weighted by Gasteiger charge is 2.40. The summed E-state index contributed by atoms with van der Waals surface area (Å²) in [5.41, 5.74) is 1.04. The minimum Gasteiger partial charge on any atom is -0.306 e. The predicted octanol–water partition coefficient (Wildman–Crippen LogP) is 3.06. The third kappa shape index (κ3) is 3.68. The van der Waals surface area contributed by atoms with Crippen LogP contribution >= 0.6 is 0 Å². The first kappa shape index (κ1) is 16.7. The van der Waals surface area contributed by atoms with Gasteiger partial charge in [-0.15, -0.1) is 0 Å². The lowest BCUT2D eigenvalue weighted by molar-refractivity contribution is -0.0120. The summed E-state index contributed by atoms with van der Waals surface area (Å²) in [5.74, 6) is 0. The fourth-order valence-electron chi connectivity index (χ4n) is 4.88. The summed E-state index contributed by atoms with van der Waals surface area (Å²) >= 11 is 0. The van der Waals surface area contributed by atoms with Crippen LogP contribution in [-0.2, 0) is 0 Å². The van der Waals surface area contributed by atoms with E-state index in [1.807, 2.05) is 0 Å². The van der Waals surface area contributed by atoms with Crippen molar-refractivity contribution < 1.29 is 0 Å². The Morgan fingerprint density at radius 3 is 1.77 bits per heavy atom. The molecule has 1 spiro atoms. The van der Waals surface area contributed by atoms with Crippen molar-refractivity contribution in [1.29, 1.82) is 0 Å². The zero-order valence-corrected chi connectivity index (χ0v) is 15.4. The first-order valence-corrected chi connectivity index (χ1v) is 9.56. The molecule has 0 radical (unpaired) electrons. The lowest BCUT2D eigenvalue weighted by Gasteiger charge is -2.51. The molecule has 0 aliphatic carbocycles. The van der Waals surface area contributed by atoms with Crippen molar-refractivity contribution in [3.05, 3.63) is 0 Å². The van der Waals surface area contributed by atoms with E-state index < -0.39 is 0 Å². The summed E-state index contributed by atoms with van der Waals surface area (Å²) < 4.78 is 0. The summed E-state index contributed by atoms with van der Waals surface area (Å²) in [5, 5.41) is 0. The Balaban J connectivity index is 1.48. The number of likely N-dealkylation sites (tertiary alicyclic amines) is 3. The number of rotatable bonds is 1. The minimum atomic E-state index is 0.358. The fraction of sp³-hybridized carbons (Fsp3) is 1.00. The lowest BCUT2D eigenvalue weighted by Crippen LogP contribution is -2.53. The van der Waals surface area contributed by atoms with Gasteiger partial charge in [0.2, 0.25) is 0 Å². The molecule has 0 unspecified atom stereocenters. The van der Waals surface area contributed by atoms with Gasteiger partial charge < -0.3 is 9.80 Å². The van der Waals surface area contributed by atoms with Crippen LogP contribution < -0.4 is 0 Å². The van der Waals surface area contributed by atoms with Gasteiger partial charge in [0.25, 0.3) is 0 Å².